The van der Waals surface area contributed by atoms with E-state index in [1.165, 1.54) is 18.2 Å². The summed E-state index contributed by atoms with van der Waals surface area (Å²) < 4.78 is 5.98. The fourth-order valence-electron chi connectivity index (χ4n) is 5.50. The molecular formula is C31H45N5O3. The summed E-state index contributed by atoms with van der Waals surface area (Å²) >= 11 is 0. The molecule has 0 amide bonds. The Morgan fingerprint density at radius 1 is 1.26 bits per heavy atom. The molecule has 212 valence electrons. The van der Waals surface area contributed by atoms with Crippen LogP contribution in [0.4, 0.5) is 0 Å². The van der Waals surface area contributed by atoms with Crippen molar-refractivity contribution in [2.75, 3.05) is 13.7 Å². The van der Waals surface area contributed by atoms with Crippen LogP contribution in [0.25, 0.3) is 0 Å². The lowest BCUT2D eigenvalue weighted by molar-refractivity contribution is -0.167. The molecule has 0 radical (unpaired) electrons. The molecule has 1 aliphatic carbocycles. The van der Waals surface area contributed by atoms with Crippen molar-refractivity contribution in [2.24, 2.45) is 21.7 Å². The van der Waals surface area contributed by atoms with Gasteiger partial charge in [0.2, 0.25) is 0 Å². The van der Waals surface area contributed by atoms with E-state index < -0.39 is 5.60 Å². The summed E-state index contributed by atoms with van der Waals surface area (Å²) in [4.78, 5) is 16.5. The third kappa shape index (κ3) is 8.27. The molecule has 3 N–H and O–H groups in total. The van der Waals surface area contributed by atoms with E-state index in [0.29, 0.717) is 31.0 Å². The summed E-state index contributed by atoms with van der Waals surface area (Å²) in [7, 11) is 1.50. The number of benzene rings is 1. The van der Waals surface area contributed by atoms with Crippen molar-refractivity contribution in [1.29, 1.82) is 5.26 Å². The minimum Gasteiger partial charge on any atom is -0.512 e. The summed E-state index contributed by atoms with van der Waals surface area (Å²) in [5.74, 6) is 0.140. The molecule has 1 atom stereocenters. The fourth-order valence-corrected chi connectivity index (χ4v) is 5.50. The van der Waals surface area contributed by atoms with Crippen molar-refractivity contribution >= 4 is 18.4 Å². The van der Waals surface area contributed by atoms with Crippen LogP contribution in [0, 0.1) is 17.2 Å². The Bertz CT molecular complexity index is 1140. The molecule has 1 aromatic rings. The number of hydrogen-bond acceptors (Lipinski definition) is 8. The molecule has 39 heavy (non-hydrogen) atoms. The molecule has 8 heteroatoms. The zero-order valence-electron chi connectivity index (χ0n) is 24.3. The van der Waals surface area contributed by atoms with Crippen LogP contribution in [0.15, 0.2) is 51.4 Å². The number of aryl methyl sites for hydroxylation is 2. The summed E-state index contributed by atoms with van der Waals surface area (Å²) in [5.41, 5.74) is 9.91. The van der Waals surface area contributed by atoms with Gasteiger partial charge in [-0.1, -0.05) is 38.0 Å². The zero-order chi connectivity index (χ0) is 29.0. The average molecular weight is 536 g/mol. The van der Waals surface area contributed by atoms with Crippen molar-refractivity contribution in [3.8, 4) is 6.07 Å². The smallest absolute Gasteiger partial charge is 0.337 e. The fraction of sp³-hybridized carbons (Fsp3) is 0.548. The summed E-state index contributed by atoms with van der Waals surface area (Å²) in [5, 5.41) is 24.9. The van der Waals surface area contributed by atoms with Gasteiger partial charge in [-0.05, 0) is 88.6 Å². The van der Waals surface area contributed by atoms with Crippen LogP contribution in [-0.4, -0.2) is 47.8 Å². The lowest BCUT2D eigenvalue weighted by atomic mass is 9.76. The summed E-state index contributed by atoms with van der Waals surface area (Å²) in [6, 6.07) is 8.54. The second kappa shape index (κ2) is 15.2. The number of rotatable bonds is 7. The van der Waals surface area contributed by atoms with E-state index in [1.54, 1.807) is 11.9 Å². The van der Waals surface area contributed by atoms with Gasteiger partial charge in [-0.15, -0.1) is 0 Å². The van der Waals surface area contributed by atoms with E-state index in [0.717, 1.165) is 61.9 Å². The highest BCUT2D eigenvalue weighted by Crippen LogP contribution is 2.45. The van der Waals surface area contributed by atoms with Gasteiger partial charge in [0.1, 0.15) is 18.0 Å². The molecule has 3 aliphatic rings. The van der Waals surface area contributed by atoms with E-state index in [4.69, 9.17) is 10.00 Å². The van der Waals surface area contributed by atoms with Crippen LogP contribution < -0.4 is 5.73 Å². The van der Waals surface area contributed by atoms with Gasteiger partial charge in [0.05, 0.1) is 18.1 Å². The second-order valence-electron chi connectivity index (χ2n) is 10.2. The first-order chi connectivity index (χ1) is 18.7. The largest absolute Gasteiger partial charge is 0.512 e. The number of allylic oxidation sites excluding steroid dienone is 2. The van der Waals surface area contributed by atoms with Gasteiger partial charge in [-0.25, -0.2) is 9.80 Å². The molecular weight excluding hydrogens is 490 g/mol. The third-order valence-electron chi connectivity index (χ3n) is 7.81. The minimum absolute atomic E-state index is 0.191. The summed E-state index contributed by atoms with van der Waals surface area (Å²) in [6.07, 6.45) is 9.72. The first-order valence-corrected chi connectivity index (χ1v) is 13.8. The van der Waals surface area contributed by atoms with Crippen LogP contribution in [0.1, 0.15) is 82.9 Å². The number of aliphatic hydroxyl groups is 1. The number of aliphatic imine (C=N–C) groups is 1. The number of ether oxygens (including phenoxy) is 1. The van der Waals surface area contributed by atoms with Crippen LogP contribution in [0.3, 0.4) is 0 Å². The Morgan fingerprint density at radius 3 is 2.51 bits per heavy atom. The molecule has 0 spiro atoms. The maximum absolute atomic E-state index is 12.3. The number of esters is 1. The zero-order valence-corrected chi connectivity index (χ0v) is 24.3. The SMILES string of the molecule is C=NN1CN=C(C)C=C1C.CCc1cc(CCC2(C3CCCC3)CC(O)=C(C)C(=O)O2)ccc1CC#N.CN. The molecule has 0 saturated heterocycles. The molecule has 0 bridgehead atoms. The van der Waals surface area contributed by atoms with Crippen molar-refractivity contribution in [1.82, 2.24) is 5.01 Å². The number of carbonyl (C=O) groups is 1. The maximum atomic E-state index is 12.3. The quantitative estimate of drug-likeness (QED) is 0.337. The third-order valence-corrected chi connectivity index (χ3v) is 7.81. The molecule has 4 rings (SSSR count). The highest BCUT2D eigenvalue weighted by molar-refractivity contribution is 5.93. The number of aliphatic hydroxyl groups excluding tert-OH is 1. The summed E-state index contributed by atoms with van der Waals surface area (Å²) in [6.45, 7) is 11.7. The Labute approximate surface area is 233 Å². The average Bonchev–Trinajstić information content (AvgIpc) is 3.49. The van der Waals surface area contributed by atoms with Crippen LogP contribution in [0.5, 0.6) is 0 Å². The van der Waals surface area contributed by atoms with Gasteiger partial charge in [0.25, 0.3) is 0 Å². The Morgan fingerprint density at radius 2 is 1.95 bits per heavy atom. The molecule has 2 aliphatic heterocycles. The number of hydrogen-bond donors (Lipinski definition) is 2. The van der Waals surface area contributed by atoms with Crippen molar-refractivity contribution in [3.63, 3.8) is 0 Å². The number of nitriles is 1. The van der Waals surface area contributed by atoms with E-state index in [2.05, 4.69) is 47.7 Å². The van der Waals surface area contributed by atoms with Gasteiger partial charge < -0.3 is 15.6 Å². The number of hydrazone groups is 1. The van der Waals surface area contributed by atoms with Gasteiger partial charge in [0.15, 0.2) is 0 Å². The van der Waals surface area contributed by atoms with Crippen LogP contribution in [-0.2, 0) is 28.8 Å². The normalized spacial score (nSPS) is 20.9. The Kier molecular flexibility index (Phi) is 12.4. The van der Waals surface area contributed by atoms with Crippen molar-refractivity contribution in [3.05, 3.63) is 58.0 Å². The first kappa shape index (κ1) is 31.8. The molecule has 2 heterocycles. The highest BCUT2D eigenvalue weighted by Gasteiger charge is 2.47. The van der Waals surface area contributed by atoms with Gasteiger partial charge in [-0.3, -0.25) is 4.99 Å². The van der Waals surface area contributed by atoms with Crippen molar-refractivity contribution < 1.29 is 14.6 Å². The predicted octanol–water partition coefficient (Wildman–Crippen LogP) is 5.77. The predicted molar refractivity (Wildman–Crippen MR) is 157 cm³/mol. The van der Waals surface area contributed by atoms with E-state index in [9.17, 15) is 9.90 Å². The van der Waals surface area contributed by atoms with Crippen LogP contribution in [0.2, 0.25) is 0 Å². The van der Waals surface area contributed by atoms with E-state index >= 15 is 0 Å². The lowest BCUT2D eigenvalue weighted by Gasteiger charge is -2.41. The topological polar surface area (TPSA) is 124 Å². The molecule has 8 nitrogen and oxygen atoms in total. The Balaban J connectivity index is 0.000000372. The van der Waals surface area contributed by atoms with Crippen LogP contribution >= 0.6 is 0 Å². The van der Waals surface area contributed by atoms with E-state index in [1.807, 2.05) is 26.0 Å². The number of nitrogens with two attached hydrogens (primary N) is 1. The highest BCUT2D eigenvalue weighted by atomic mass is 16.6. The van der Waals surface area contributed by atoms with Crippen molar-refractivity contribution in [2.45, 2.75) is 91.1 Å². The van der Waals surface area contributed by atoms with Gasteiger partial charge in [0, 0.05) is 24.5 Å². The molecule has 1 saturated carbocycles. The lowest BCUT2D eigenvalue weighted by Crippen LogP contribution is -2.45. The molecule has 0 aromatic heterocycles. The maximum Gasteiger partial charge on any atom is 0.337 e. The first-order valence-electron chi connectivity index (χ1n) is 13.8. The molecule has 1 fully saturated rings. The Hall–Kier alpha value is -3.44. The standard InChI is InChI=1S/C23H29NO3.C7H11N3.CH5N/c1-3-18-14-17(8-9-19(18)11-13-24)10-12-23(20-6-4-5-7-20)15-21(25)16(2)22(26)27-23;1-6-4-7(2)10(8-3)5-9-6;1-2/h8-9,14,20,25H,3-7,10-12,15H2,1-2H3;4H,3,5H2,1-2H3;2H2,1H3. The minimum atomic E-state index is -0.588. The molecule has 1 aromatic carbocycles. The second-order valence-corrected chi connectivity index (χ2v) is 10.2. The van der Waals surface area contributed by atoms with E-state index in [-0.39, 0.29) is 11.7 Å². The number of cyclic esters (lactones) is 1. The number of carbonyl (C=O) groups excluding carboxylic acids is 1. The number of nitrogens with zero attached hydrogens (tertiary/aromatic N) is 4. The molecule has 1 unspecified atom stereocenters. The monoisotopic (exact) mass is 535 g/mol. The van der Waals surface area contributed by atoms with Gasteiger partial charge in [-0.2, -0.15) is 10.4 Å². The van der Waals surface area contributed by atoms with Gasteiger partial charge >= 0.3 is 5.97 Å².